The van der Waals surface area contributed by atoms with Crippen molar-refractivity contribution >= 4 is 8.07 Å². The molecular formula is C9H20OSi. The molecule has 0 aliphatic heterocycles. The molecule has 0 bridgehead atoms. The lowest BCUT2D eigenvalue weighted by Crippen LogP contribution is -2.37. The average molecular weight is 172 g/mol. The third-order valence-corrected chi connectivity index (χ3v) is 3.98. The van der Waals surface area contributed by atoms with E-state index in [2.05, 4.69) is 39.6 Å². The first-order chi connectivity index (χ1) is 4.84. The molecule has 0 saturated carbocycles. The van der Waals surface area contributed by atoms with Crippen molar-refractivity contribution in [1.82, 2.24) is 0 Å². The Morgan fingerprint density at radius 3 is 2.09 bits per heavy atom. The van der Waals surface area contributed by atoms with E-state index in [0.29, 0.717) is 0 Å². The predicted molar refractivity (Wildman–Crippen MR) is 53.4 cm³/mol. The van der Waals surface area contributed by atoms with Gasteiger partial charge < -0.3 is 5.11 Å². The van der Waals surface area contributed by atoms with Crippen LogP contribution in [0.4, 0.5) is 0 Å². The van der Waals surface area contributed by atoms with Crippen LogP contribution in [-0.4, -0.2) is 18.9 Å². The summed E-state index contributed by atoms with van der Waals surface area (Å²) in [6, 6.07) is 0. The Hall–Kier alpha value is -0.0831. The summed E-state index contributed by atoms with van der Waals surface area (Å²) in [4.78, 5) is 0. The van der Waals surface area contributed by atoms with Crippen molar-refractivity contribution < 1.29 is 5.11 Å². The Bertz CT molecular complexity index is 140. The molecule has 66 valence electrons. The van der Waals surface area contributed by atoms with E-state index < -0.39 is 8.07 Å². The molecule has 2 heteroatoms. The SMILES string of the molecule is CC(C)=CCC(O)[Si](C)(C)C. The topological polar surface area (TPSA) is 20.2 Å². The Kier molecular flexibility index (Phi) is 4.04. The number of hydrogen-bond acceptors (Lipinski definition) is 1. The van der Waals surface area contributed by atoms with E-state index in [1.807, 2.05) is 0 Å². The summed E-state index contributed by atoms with van der Waals surface area (Å²) in [5, 5.41) is 9.65. The van der Waals surface area contributed by atoms with Crippen LogP contribution in [0.25, 0.3) is 0 Å². The molecule has 1 nitrogen and oxygen atoms in total. The normalized spacial score (nSPS) is 14.4. The van der Waals surface area contributed by atoms with Gasteiger partial charge in [0.2, 0.25) is 0 Å². The van der Waals surface area contributed by atoms with E-state index in [0.717, 1.165) is 6.42 Å². The fraction of sp³-hybridized carbons (Fsp3) is 0.778. The van der Waals surface area contributed by atoms with Crippen LogP contribution in [0.3, 0.4) is 0 Å². The Morgan fingerprint density at radius 2 is 1.82 bits per heavy atom. The molecule has 0 saturated heterocycles. The first-order valence-electron chi connectivity index (χ1n) is 4.15. The summed E-state index contributed by atoms with van der Waals surface area (Å²) in [6.07, 6.45) is 2.95. The van der Waals surface area contributed by atoms with Gasteiger partial charge in [-0.05, 0) is 20.3 Å². The highest BCUT2D eigenvalue weighted by Gasteiger charge is 2.22. The Labute approximate surface area is 71.1 Å². The van der Waals surface area contributed by atoms with E-state index in [-0.39, 0.29) is 5.73 Å². The van der Waals surface area contributed by atoms with Gasteiger partial charge in [0, 0.05) is 5.73 Å². The molecule has 0 fully saturated rings. The van der Waals surface area contributed by atoms with Gasteiger partial charge in [0.25, 0.3) is 0 Å². The van der Waals surface area contributed by atoms with Gasteiger partial charge in [-0.25, -0.2) is 0 Å². The van der Waals surface area contributed by atoms with Gasteiger partial charge in [0.1, 0.15) is 0 Å². The van der Waals surface area contributed by atoms with Gasteiger partial charge in [0.15, 0.2) is 0 Å². The zero-order chi connectivity index (χ0) is 9.07. The second-order valence-electron chi connectivity index (χ2n) is 4.40. The predicted octanol–water partition coefficient (Wildman–Crippen LogP) is 2.58. The Morgan fingerprint density at radius 1 is 1.36 bits per heavy atom. The van der Waals surface area contributed by atoms with Crippen LogP contribution >= 0.6 is 0 Å². The van der Waals surface area contributed by atoms with Gasteiger partial charge >= 0.3 is 0 Å². The highest BCUT2D eigenvalue weighted by Crippen LogP contribution is 2.11. The van der Waals surface area contributed by atoms with Crippen LogP contribution in [0.5, 0.6) is 0 Å². The van der Waals surface area contributed by atoms with Crippen molar-refractivity contribution in [2.24, 2.45) is 0 Å². The molecule has 1 unspecified atom stereocenters. The van der Waals surface area contributed by atoms with Crippen molar-refractivity contribution in [3.8, 4) is 0 Å². The second-order valence-corrected chi connectivity index (χ2v) is 9.80. The van der Waals surface area contributed by atoms with Gasteiger partial charge in [-0.1, -0.05) is 31.3 Å². The number of allylic oxidation sites excluding steroid dienone is 1. The van der Waals surface area contributed by atoms with Crippen LogP contribution in [0.15, 0.2) is 11.6 Å². The minimum atomic E-state index is -1.32. The van der Waals surface area contributed by atoms with Crippen molar-refractivity contribution in [2.45, 2.75) is 45.6 Å². The highest BCUT2D eigenvalue weighted by molar-refractivity contribution is 6.77. The zero-order valence-electron chi connectivity index (χ0n) is 8.31. The minimum absolute atomic E-state index is 0.0857. The van der Waals surface area contributed by atoms with Crippen LogP contribution in [0.1, 0.15) is 20.3 Å². The number of aliphatic hydroxyl groups is 1. The molecule has 0 aromatic heterocycles. The largest absolute Gasteiger partial charge is 0.396 e. The van der Waals surface area contributed by atoms with Gasteiger partial charge in [0.05, 0.1) is 8.07 Å². The quantitative estimate of drug-likeness (QED) is 0.512. The van der Waals surface area contributed by atoms with E-state index in [4.69, 9.17) is 0 Å². The fourth-order valence-corrected chi connectivity index (χ4v) is 1.53. The number of rotatable bonds is 3. The molecule has 11 heavy (non-hydrogen) atoms. The molecule has 1 N–H and O–H groups in total. The minimum Gasteiger partial charge on any atom is -0.396 e. The van der Waals surface area contributed by atoms with Crippen LogP contribution in [0, 0.1) is 0 Å². The summed E-state index contributed by atoms with van der Waals surface area (Å²) in [5.41, 5.74) is 1.21. The van der Waals surface area contributed by atoms with Crippen molar-refractivity contribution in [3.05, 3.63) is 11.6 Å². The third kappa shape index (κ3) is 5.22. The average Bonchev–Trinajstić information content (AvgIpc) is 1.80. The monoisotopic (exact) mass is 172 g/mol. The molecule has 0 aromatic rings. The van der Waals surface area contributed by atoms with E-state index >= 15 is 0 Å². The van der Waals surface area contributed by atoms with Gasteiger partial charge in [-0.2, -0.15) is 0 Å². The van der Waals surface area contributed by atoms with Crippen LogP contribution in [0.2, 0.25) is 19.6 Å². The summed E-state index contributed by atoms with van der Waals surface area (Å²) in [7, 11) is -1.32. The molecule has 0 aliphatic carbocycles. The highest BCUT2D eigenvalue weighted by atomic mass is 28.3. The van der Waals surface area contributed by atoms with Crippen LogP contribution < -0.4 is 0 Å². The maximum absolute atomic E-state index is 9.65. The lowest BCUT2D eigenvalue weighted by molar-refractivity contribution is 0.247. The van der Waals surface area contributed by atoms with E-state index in [1.165, 1.54) is 5.57 Å². The fourth-order valence-electron chi connectivity index (χ4n) is 0.701. The zero-order valence-corrected chi connectivity index (χ0v) is 9.31. The van der Waals surface area contributed by atoms with Gasteiger partial charge in [-0.3, -0.25) is 0 Å². The van der Waals surface area contributed by atoms with Crippen molar-refractivity contribution in [1.29, 1.82) is 0 Å². The standard InChI is InChI=1S/C9H20OSi/c1-8(2)6-7-9(10)11(3,4)5/h6,9-10H,7H2,1-5H3. The summed E-state index contributed by atoms with van der Waals surface area (Å²) < 4.78 is 0. The summed E-state index contributed by atoms with van der Waals surface area (Å²) in [5.74, 6) is 0. The molecule has 0 radical (unpaired) electrons. The third-order valence-electron chi connectivity index (χ3n) is 1.75. The first-order valence-corrected chi connectivity index (χ1v) is 7.73. The smallest absolute Gasteiger partial charge is 0.0785 e. The van der Waals surface area contributed by atoms with Crippen LogP contribution in [-0.2, 0) is 0 Å². The molecule has 1 atom stereocenters. The van der Waals surface area contributed by atoms with Gasteiger partial charge in [-0.15, -0.1) is 0 Å². The second kappa shape index (κ2) is 4.07. The Balaban J connectivity index is 3.89. The molecule has 0 rings (SSSR count). The first kappa shape index (κ1) is 10.9. The van der Waals surface area contributed by atoms with Crippen molar-refractivity contribution in [2.75, 3.05) is 0 Å². The van der Waals surface area contributed by atoms with E-state index in [1.54, 1.807) is 0 Å². The maximum atomic E-state index is 9.65. The lowest BCUT2D eigenvalue weighted by atomic mass is 10.3. The molecule has 0 heterocycles. The number of hydrogen-bond donors (Lipinski definition) is 1. The number of aliphatic hydroxyl groups excluding tert-OH is 1. The summed E-state index contributed by atoms with van der Waals surface area (Å²) >= 11 is 0. The molecule has 0 spiro atoms. The molecule has 0 amide bonds. The molecule has 0 aliphatic rings. The molecular weight excluding hydrogens is 152 g/mol. The lowest BCUT2D eigenvalue weighted by Gasteiger charge is -2.22. The van der Waals surface area contributed by atoms with E-state index in [9.17, 15) is 5.11 Å². The summed E-state index contributed by atoms with van der Waals surface area (Å²) in [6.45, 7) is 10.7. The molecule has 0 aromatic carbocycles. The van der Waals surface area contributed by atoms with Crippen molar-refractivity contribution in [3.63, 3.8) is 0 Å². The maximum Gasteiger partial charge on any atom is 0.0785 e.